The Kier molecular flexibility index (Phi) is 10.3. The second kappa shape index (κ2) is 15.1. The van der Waals surface area contributed by atoms with Crippen molar-refractivity contribution in [2.75, 3.05) is 26.6 Å². The Bertz CT molecular complexity index is 2000. The van der Waals surface area contributed by atoms with E-state index in [0.717, 1.165) is 52.9 Å². The minimum Gasteiger partial charge on any atom is -0.497 e. The van der Waals surface area contributed by atoms with Crippen LogP contribution >= 0.6 is 0 Å². The van der Waals surface area contributed by atoms with Crippen LogP contribution in [0.3, 0.4) is 0 Å². The predicted molar refractivity (Wildman–Crippen MR) is 186 cm³/mol. The Morgan fingerprint density at radius 3 is 2.48 bits per heavy atom. The number of nitrogens with zero attached hydrogens (tertiary/aromatic N) is 3. The zero-order chi connectivity index (χ0) is 35.2. The highest BCUT2D eigenvalue weighted by Crippen LogP contribution is 2.38. The van der Waals surface area contributed by atoms with Crippen LogP contribution in [0.2, 0.25) is 0 Å². The van der Waals surface area contributed by atoms with E-state index in [1.807, 2.05) is 53.2 Å². The van der Waals surface area contributed by atoms with Gasteiger partial charge in [0.25, 0.3) is 5.91 Å². The summed E-state index contributed by atoms with van der Waals surface area (Å²) in [5.74, 6) is 1.31. The number of anilines is 1. The van der Waals surface area contributed by atoms with E-state index in [0.29, 0.717) is 36.0 Å². The van der Waals surface area contributed by atoms with Crippen molar-refractivity contribution < 1.29 is 33.3 Å². The highest BCUT2D eigenvalue weighted by atomic mass is 19.1. The van der Waals surface area contributed by atoms with E-state index < -0.39 is 17.8 Å². The van der Waals surface area contributed by atoms with Gasteiger partial charge in [-0.3, -0.25) is 9.48 Å². The van der Waals surface area contributed by atoms with E-state index in [-0.39, 0.29) is 29.9 Å². The third-order valence-corrected chi connectivity index (χ3v) is 8.97. The van der Waals surface area contributed by atoms with Gasteiger partial charge in [-0.25, -0.2) is 14.2 Å². The first-order valence-corrected chi connectivity index (χ1v) is 16.3. The molecule has 0 saturated heterocycles. The van der Waals surface area contributed by atoms with Crippen molar-refractivity contribution in [3.05, 3.63) is 95.4 Å². The van der Waals surface area contributed by atoms with Crippen LogP contribution in [-0.4, -0.2) is 59.2 Å². The van der Waals surface area contributed by atoms with Crippen molar-refractivity contribution in [3.8, 4) is 28.5 Å². The molecule has 2 atom stereocenters. The van der Waals surface area contributed by atoms with Gasteiger partial charge in [0.15, 0.2) is 0 Å². The number of nitrogens with one attached hydrogen (secondary N) is 3. The third-order valence-electron chi connectivity index (χ3n) is 8.97. The van der Waals surface area contributed by atoms with Gasteiger partial charge in [0, 0.05) is 42.5 Å². The Hall–Kier alpha value is -5.85. The number of carboxylic acid groups (broad SMARTS) is 1. The number of fused-ring (bicyclic) bond motifs is 1. The predicted octanol–water partition coefficient (Wildman–Crippen LogP) is 6.56. The van der Waals surface area contributed by atoms with Crippen LogP contribution in [0.4, 0.5) is 15.0 Å². The lowest BCUT2D eigenvalue weighted by Crippen LogP contribution is -2.38. The Balaban J connectivity index is 1.31. The van der Waals surface area contributed by atoms with Crippen molar-refractivity contribution in [2.45, 2.75) is 50.9 Å². The molecule has 0 aliphatic heterocycles. The molecule has 2 heterocycles. The molecule has 260 valence electrons. The Morgan fingerprint density at radius 1 is 0.940 bits per heavy atom. The number of carbonyl (C=O) groups is 2. The Labute approximate surface area is 288 Å². The number of benzene rings is 3. The molecule has 5 aromatic rings. The zero-order valence-electron chi connectivity index (χ0n) is 28.0. The molecule has 1 saturated carbocycles. The molecule has 2 aromatic heterocycles. The molecule has 0 bridgehead atoms. The van der Waals surface area contributed by atoms with Crippen LogP contribution in [0.15, 0.2) is 72.9 Å². The lowest BCUT2D eigenvalue weighted by molar-refractivity contribution is 0.0947. The first-order valence-electron chi connectivity index (χ1n) is 16.3. The molecule has 4 N–H and O–H groups in total. The number of aromatic nitrogens is 3. The summed E-state index contributed by atoms with van der Waals surface area (Å²) in [5.41, 5.74) is 4.29. The lowest BCUT2D eigenvalue weighted by Gasteiger charge is -2.29. The van der Waals surface area contributed by atoms with E-state index in [1.165, 1.54) is 19.2 Å². The number of hydrogen-bond acceptors (Lipinski definition) is 8. The highest BCUT2D eigenvalue weighted by Gasteiger charge is 2.28. The van der Waals surface area contributed by atoms with Crippen molar-refractivity contribution in [3.63, 3.8) is 0 Å². The number of ether oxygens (including phenoxy) is 3. The molecule has 50 heavy (non-hydrogen) atoms. The minimum absolute atomic E-state index is 0.0249. The first-order chi connectivity index (χ1) is 24.3. The maximum absolute atomic E-state index is 13.8. The summed E-state index contributed by atoms with van der Waals surface area (Å²) in [6.45, 7) is 0.638. The number of methoxy groups -OCH3 is 3. The van der Waals surface area contributed by atoms with E-state index in [4.69, 9.17) is 24.3 Å². The van der Waals surface area contributed by atoms with E-state index in [2.05, 4.69) is 16.0 Å². The summed E-state index contributed by atoms with van der Waals surface area (Å²) in [4.78, 5) is 29.0. The largest absolute Gasteiger partial charge is 0.497 e. The number of halogens is 1. The summed E-state index contributed by atoms with van der Waals surface area (Å²) in [6, 6.07) is 18.9. The SMILES string of the molecule is COc1ccc(CNc2nccc3c2c(-c2ccc(CNC(=O)c4cc(F)ccc4OC)cc2)nn3[C@@H]2CCC[C@@H](NC(=O)O)C2)c(OC)c1. The maximum atomic E-state index is 13.8. The maximum Gasteiger partial charge on any atom is 0.404 e. The average Bonchev–Trinajstić information content (AvgIpc) is 3.53. The fourth-order valence-corrected chi connectivity index (χ4v) is 6.49. The second-order valence-electron chi connectivity index (χ2n) is 12.1. The molecule has 1 aliphatic rings. The van der Waals surface area contributed by atoms with Gasteiger partial charge in [0.05, 0.1) is 43.8 Å². The van der Waals surface area contributed by atoms with Gasteiger partial charge in [0.1, 0.15) is 34.6 Å². The standard InChI is InChI=1S/C37H39FN6O6/c1-48-28-13-11-24(32(19-28)50-3)21-40-35-33-30(15-16-39-35)44(27-6-4-5-26(18-27)42-37(46)47)43-34(33)23-9-7-22(8-10-23)20-41-36(45)29-17-25(38)12-14-31(29)49-2/h7-17,19,26-27,42H,4-6,18,20-21H2,1-3H3,(H,39,40)(H,41,45)(H,46,47)/t26-,27-/m1/s1. The average molecular weight is 683 g/mol. The van der Waals surface area contributed by atoms with Crippen LogP contribution in [0.5, 0.6) is 17.2 Å². The summed E-state index contributed by atoms with van der Waals surface area (Å²) in [5, 5.41) is 24.3. The van der Waals surface area contributed by atoms with Crippen LogP contribution < -0.4 is 30.2 Å². The van der Waals surface area contributed by atoms with Crippen molar-refractivity contribution in [2.24, 2.45) is 0 Å². The number of rotatable bonds is 12. The summed E-state index contributed by atoms with van der Waals surface area (Å²) < 4.78 is 32.0. The lowest BCUT2D eigenvalue weighted by atomic mass is 9.91. The van der Waals surface area contributed by atoms with Crippen molar-refractivity contribution in [1.82, 2.24) is 25.4 Å². The molecule has 0 radical (unpaired) electrons. The van der Waals surface area contributed by atoms with Gasteiger partial charge in [0.2, 0.25) is 0 Å². The molecule has 0 unspecified atom stereocenters. The summed E-state index contributed by atoms with van der Waals surface area (Å²) >= 11 is 0. The smallest absolute Gasteiger partial charge is 0.404 e. The molecule has 6 rings (SSSR count). The normalized spacial score (nSPS) is 15.7. The van der Waals surface area contributed by atoms with Gasteiger partial charge in [-0.15, -0.1) is 0 Å². The van der Waals surface area contributed by atoms with E-state index >= 15 is 0 Å². The number of pyridine rings is 1. The van der Waals surface area contributed by atoms with E-state index in [9.17, 15) is 19.1 Å². The van der Waals surface area contributed by atoms with Crippen molar-refractivity contribution in [1.29, 1.82) is 0 Å². The highest BCUT2D eigenvalue weighted by molar-refractivity contribution is 6.01. The van der Waals surface area contributed by atoms with Gasteiger partial charge in [-0.05, 0) is 67.6 Å². The van der Waals surface area contributed by atoms with Crippen LogP contribution in [0, 0.1) is 5.82 Å². The number of carbonyl (C=O) groups excluding carboxylic acids is 1. The molecule has 13 heteroatoms. The van der Waals surface area contributed by atoms with Gasteiger partial charge < -0.3 is 35.3 Å². The first kappa shape index (κ1) is 34.0. The molecule has 12 nitrogen and oxygen atoms in total. The third kappa shape index (κ3) is 7.41. The molecular weight excluding hydrogens is 643 g/mol. The van der Waals surface area contributed by atoms with Crippen LogP contribution in [0.1, 0.15) is 53.2 Å². The molecule has 1 fully saturated rings. The number of amides is 2. The molecule has 3 aromatic carbocycles. The van der Waals surface area contributed by atoms with Gasteiger partial charge >= 0.3 is 6.09 Å². The molecule has 2 amide bonds. The van der Waals surface area contributed by atoms with Crippen LogP contribution in [0.25, 0.3) is 22.2 Å². The zero-order valence-corrected chi connectivity index (χ0v) is 28.0. The van der Waals surface area contributed by atoms with Gasteiger partial charge in [-0.2, -0.15) is 5.10 Å². The summed E-state index contributed by atoms with van der Waals surface area (Å²) in [7, 11) is 4.65. The minimum atomic E-state index is -1.03. The topological polar surface area (TPSA) is 149 Å². The summed E-state index contributed by atoms with van der Waals surface area (Å²) in [6.07, 6.45) is 3.83. The second-order valence-corrected chi connectivity index (χ2v) is 12.1. The quantitative estimate of drug-likeness (QED) is 0.115. The Morgan fingerprint density at radius 2 is 1.74 bits per heavy atom. The number of hydrogen-bond donors (Lipinski definition) is 4. The molecule has 0 spiro atoms. The monoisotopic (exact) mass is 682 g/mol. The molecular formula is C37H39FN6O6. The fraction of sp³-hybridized carbons (Fsp3) is 0.297. The van der Waals surface area contributed by atoms with Crippen LogP contribution in [-0.2, 0) is 13.1 Å². The fourth-order valence-electron chi connectivity index (χ4n) is 6.49. The molecule has 1 aliphatic carbocycles. The van der Waals surface area contributed by atoms with E-state index in [1.54, 1.807) is 20.4 Å². The van der Waals surface area contributed by atoms with Crippen molar-refractivity contribution >= 4 is 28.7 Å². The van der Waals surface area contributed by atoms with Gasteiger partial charge in [-0.1, -0.05) is 24.3 Å².